The molecule has 0 N–H and O–H groups in total. The van der Waals surface area contributed by atoms with Crippen LogP contribution in [-0.2, 0) is 11.2 Å². The van der Waals surface area contributed by atoms with Crippen molar-refractivity contribution in [3.8, 4) is 0 Å². The topological polar surface area (TPSA) is 38.2 Å². The van der Waals surface area contributed by atoms with Crippen LogP contribution in [0.1, 0.15) is 44.0 Å². The molecule has 0 radical (unpaired) electrons. The molecule has 3 heterocycles. The number of rotatable bonds is 2. The van der Waals surface area contributed by atoms with Crippen LogP contribution in [0.15, 0.2) is 6.20 Å². The summed E-state index contributed by atoms with van der Waals surface area (Å²) < 4.78 is 5.53. The van der Waals surface area contributed by atoms with Gasteiger partial charge in [-0.15, -0.1) is 0 Å². The molecule has 0 aromatic carbocycles. The quantitative estimate of drug-likeness (QED) is 0.832. The predicted molar refractivity (Wildman–Crippen MR) is 80.1 cm³/mol. The fourth-order valence-electron chi connectivity index (χ4n) is 3.50. The van der Waals surface area contributed by atoms with Gasteiger partial charge < -0.3 is 9.64 Å². The number of aromatic nitrogens is 2. The van der Waals surface area contributed by atoms with Crippen molar-refractivity contribution >= 4 is 5.82 Å². The van der Waals surface area contributed by atoms with Crippen LogP contribution in [0.5, 0.6) is 0 Å². The number of nitrogens with zero attached hydrogens (tertiary/aromatic N) is 3. The highest BCUT2D eigenvalue weighted by atomic mass is 16.5. The Morgan fingerprint density at radius 3 is 2.55 bits per heavy atom. The average Bonchev–Trinajstić information content (AvgIpc) is 2.49. The molecule has 0 aliphatic carbocycles. The summed E-state index contributed by atoms with van der Waals surface area (Å²) >= 11 is 0. The highest BCUT2D eigenvalue weighted by Crippen LogP contribution is 2.41. The second kappa shape index (κ2) is 5.68. The fourth-order valence-corrected chi connectivity index (χ4v) is 3.50. The lowest BCUT2D eigenvalue weighted by molar-refractivity contribution is 0.00204. The summed E-state index contributed by atoms with van der Waals surface area (Å²) in [5, 5.41) is 0. The van der Waals surface area contributed by atoms with E-state index in [-0.39, 0.29) is 0 Å². The lowest BCUT2D eigenvalue weighted by Crippen LogP contribution is -2.43. The highest BCUT2D eigenvalue weighted by Gasteiger charge is 2.36. The van der Waals surface area contributed by atoms with Crippen LogP contribution >= 0.6 is 0 Å². The van der Waals surface area contributed by atoms with Gasteiger partial charge in [-0.1, -0.05) is 6.92 Å². The van der Waals surface area contributed by atoms with Crippen molar-refractivity contribution in [3.63, 3.8) is 0 Å². The molecule has 0 unspecified atom stereocenters. The zero-order chi connectivity index (χ0) is 14.0. The van der Waals surface area contributed by atoms with E-state index in [0.717, 1.165) is 38.5 Å². The molecule has 0 atom stereocenters. The van der Waals surface area contributed by atoms with E-state index in [1.807, 2.05) is 13.1 Å². The Balaban J connectivity index is 1.73. The fraction of sp³-hybridized carbons (Fsp3) is 0.750. The molecule has 110 valence electrons. The van der Waals surface area contributed by atoms with E-state index in [9.17, 15) is 0 Å². The van der Waals surface area contributed by atoms with E-state index >= 15 is 0 Å². The third kappa shape index (κ3) is 2.66. The Morgan fingerprint density at radius 2 is 1.90 bits per heavy atom. The molecule has 0 bridgehead atoms. The molecule has 2 fully saturated rings. The molecule has 20 heavy (non-hydrogen) atoms. The van der Waals surface area contributed by atoms with Crippen molar-refractivity contribution in [1.29, 1.82) is 0 Å². The maximum absolute atomic E-state index is 5.53. The number of hydrogen-bond donors (Lipinski definition) is 0. The Morgan fingerprint density at radius 1 is 1.20 bits per heavy atom. The summed E-state index contributed by atoms with van der Waals surface area (Å²) in [6.45, 7) is 8.32. The number of piperidine rings is 1. The van der Waals surface area contributed by atoms with Gasteiger partial charge >= 0.3 is 0 Å². The minimum atomic E-state index is 0.545. The van der Waals surface area contributed by atoms with Crippen molar-refractivity contribution < 1.29 is 4.74 Å². The van der Waals surface area contributed by atoms with Crippen molar-refractivity contribution in [2.45, 2.75) is 46.0 Å². The molecule has 2 aliphatic rings. The van der Waals surface area contributed by atoms with E-state index in [0.29, 0.717) is 5.41 Å². The van der Waals surface area contributed by atoms with Crippen LogP contribution < -0.4 is 4.90 Å². The second-order valence-electron chi connectivity index (χ2n) is 6.22. The molecule has 2 aliphatic heterocycles. The number of hydrogen-bond acceptors (Lipinski definition) is 4. The van der Waals surface area contributed by atoms with Gasteiger partial charge in [-0.05, 0) is 44.4 Å². The van der Waals surface area contributed by atoms with Gasteiger partial charge in [0.25, 0.3) is 0 Å². The first kappa shape index (κ1) is 13.8. The summed E-state index contributed by atoms with van der Waals surface area (Å²) in [6, 6.07) is 0. The molecule has 1 aromatic rings. The molecule has 3 rings (SSSR count). The number of anilines is 1. The molecule has 0 saturated carbocycles. The van der Waals surface area contributed by atoms with Gasteiger partial charge in [0, 0.05) is 38.1 Å². The van der Waals surface area contributed by atoms with E-state index in [2.05, 4.69) is 16.8 Å². The molecule has 0 amide bonds. The molecule has 1 spiro atoms. The van der Waals surface area contributed by atoms with Gasteiger partial charge in [-0.25, -0.2) is 9.97 Å². The van der Waals surface area contributed by atoms with Gasteiger partial charge in [-0.2, -0.15) is 0 Å². The molecular weight excluding hydrogens is 250 g/mol. The predicted octanol–water partition coefficient (Wildman–Crippen LogP) is 2.74. The maximum atomic E-state index is 5.53. The van der Waals surface area contributed by atoms with Gasteiger partial charge in [0.05, 0.1) is 0 Å². The largest absolute Gasteiger partial charge is 0.381 e. The lowest BCUT2D eigenvalue weighted by atomic mass is 9.72. The SMILES string of the molecule is CCc1cnc(C)nc1N1CCC2(CCOCC2)CC1. The van der Waals surface area contributed by atoms with Crippen LogP contribution in [0.2, 0.25) is 0 Å². The van der Waals surface area contributed by atoms with Crippen molar-refractivity contribution in [3.05, 3.63) is 17.6 Å². The van der Waals surface area contributed by atoms with Crippen molar-refractivity contribution in [2.75, 3.05) is 31.2 Å². The lowest BCUT2D eigenvalue weighted by Gasteiger charge is -2.44. The van der Waals surface area contributed by atoms with Crippen molar-refractivity contribution in [2.24, 2.45) is 5.41 Å². The summed E-state index contributed by atoms with van der Waals surface area (Å²) in [5.74, 6) is 2.05. The van der Waals surface area contributed by atoms with E-state index < -0.39 is 0 Å². The Kier molecular flexibility index (Phi) is 3.92. The summed E-state index contributed by atoms with van der Waals surface area (Å²) in [4.78, 5) is 11.5. The summed E-state index contributed by atoms with van der Waals surface area (Å²) in [6.07, 6.45) is 8.04. The van der Waals surface area contributed by atoms with E-state index in [4.69, 9.17) is 9.72 Å². The van der Waals surface area contributed by atoms with Crippen LogP contribution in [0.4, 0.5) is 5.82 Å². The third-order valence-electron chi connectivity index (χ3n) is 5.02. The summed E-state index contributed by atoms with van der Waals surface area (Å²) in [5.41, 5.74) is 1.82. The van der Waals surface area contributed by atoms with Crippen LogP contribution in [0, 0.1) is 12.3 Å². The Hall–Kier alpha value is -1.16. The summed E-state index contributed by atoms with van der Waals surface area (Å²) in [7, 11) is 0. The maximum Gasteiger partial charge on any atom is 0.135 e. The third-order valence-corrected chi connectivity index (χ3v) is 5.02. The monoisotopic (exact) mass is 275 g/mol. The zero-order valence-electron chi connectivity index (χ0n) is 12.7. The van der Waals surface area contributed by atoms with Gasteiger partial charge in [0.2, 0.25) is 0 Å². The first-order chi connectivity index (χ1) is 9.72. The molecule has 4 heteroatoms. The Bertz CT molecular complexity index is 459. The first-order valence-electron chi connectivity index (χ1n) is 7.88. The van der Waals surface area contributed by atoms with Crippen LogP contribution in [-0.4, -0.2) is 36.3 Å². The Labute approximate surface area is 121 Å². The number of ether oxygens (including phenoxy) is 1. The molecule has 4 nitrogen and oxygen atoms in total. The van der Waals surface area contributed by atoms with Gasteiger partial charge in [-0.3, -0.25) is 0 Å². The van der Waals surface area contributed by atoms with Crippen LogP contribution in [0.3, 0.4) is 0 Å². The van der Waals surface area contributed by atoms with E-state index in [1.54, 1.807) is 0 Å². The molecular formula is C16H25N3O. The smallest absolute Gasteiger partial charge is 0.135 e. The molecule has 2 saturated heterocycles. The number of aryl methyl sites for hydroxylation is 2. The minimum Gasteiger partial charge on any atom is -0.381 e. The zero-order valence-corrected chi connectivity index (χ0v) is 12.7. The second-order valence-corrected chi connectivity index (χ2v) is 6.22. The molecule has 1 aromatic heterocycles. The van der Waals surface area contributed by atoms with Crippen LogP contribution in [0.25, 0.3) is 0 Å². The van der Waals surface area contributed by atoms with Gasteiger partial charge in [0.1, 0.15) is 11.6 Å². The van der Waals surface area contributed by atoms with Crippen molar-refractivity contribution in [1.82, 2.24) is 9.97 Å². The standard InChI is InChI=1S/C16H25N3O/c1-3-14-12-17-13(2)18-15(14)19-8-4-16(5-9-19)6-10-20-11-7-16/h12H,3-11H2,1-2H3. The average molecular weight is 275 g/mol. The van der Waals surface area contributed by atoms with Gasteiger partial charge in [0.15, 0.2) is 0 Å². The highest BCUT2D eigenvalue weighted by molar-refractivity contribution is 5.46. The first-order valence-corrected chi connectivity index (χ1v) is 7.88. The minimum absolute atomic E-state index is 0.545. The van der Waals surface area contributed by atoms with E-state index in [1.165, 1.54) is 37.1 Å². The normalized spacial score (nSPS) is 22.2.